The monoisotopic (exact) mass is 306 g/mol. The Hall–Kier alpha value is -2.68. The summed E-state index contributed by atoms with van der Waals surface area (Å²) in [6.45, 7) is 1.49. The van der Waals surface area contributed by atoms with Crippen molar-refractivity contribution in [2.75, 3.05) is 5.32 Å². The van der Waals surface area contributed by atoms with Crippen molar-refractivity contribution in [2.24, 2.45) is 0 Å². The maximum absolute atomic E-state index is 11.9. The first-order valence-electron chi connectivity index (χ1n) is 5.97. The van der Waals surface area contributed by atoms with E-state index in [2.05, 4.69) is 20.2 Å². The van der Waals surface area contributed by atoms with Crippen LogP contribution < -0.4 is 11.1 Å². The molecule has 0 radical (unpaired) electrons. The minimum atomic E-state index is -0.690. The zero-order valence-corrected chi connectivity index (χ0v) is 11.7. The van der Waals surface area contributed by atoms with E-state index in [1.807, 2.05) is 11.4 Å². The smallest absolute Gasteiger partial charge is 0.360 e. The molecule has 9 heteroatoms. The van der Waals surface area contributed by atoms with Crippen LogP contribution in [0.2, 0.25) is 0 Å². The van der Waals surface area contributed by atoms with Gasteiger partial charge in [0, 0.05) is 6.07 Å². The summed E-state index contributed by atoms with van der Waals surface area (Å²) in [7, 11) is 0. The second kappa shape index (κ2) is 5.37. The molecule has 0 spiro atoms. The summed E-state index contributed by atoms with van der Waals surface area (Å²) < 4.78 is 10.6. The van der Waals surface area contributed by atoms with Gasteiger partial charge in [-0.1, -0.05) is 16.4 Å². The molecule has 0 saturated carbocycles. The summed E-state index contributed by atoms with van der Waals surface area (Å²) >= 11 is 1.40. The van der Waals surface area contributed by atoms with Crippen LogP contribution in [-0.2, 0) is 11.3 Å². The Labute approximate surface area is 122 Å². The highest BCUT2D eigenvalue weighted by Crippen LogP contribution is 2.21. The number of nitrogens with one attached hydrogen (secondary N) is 1. The number of amides is 1. The largest absolute Gasteiger partial charge is 0.442 e. The summed E-state index contributed by atoms with van der Waals surface area (Å²) in [6.07, 6.45) is 0. The van der Waals surface area contributed by atoms with Gasteiger partial charge < -0.3 is 9.84 Å². The van der Waals surface area contributed by atoms with Crippen molar-refractivity contribution in [3.8, 4) is 10.7 Å². The molecule has 3 aromatic heterocycles. The molecule has 0 aromatic carbocycles. The van der Waals surface area contributed by atoms with Crippen molar-refractivity contribution in [1.29, 1.82) is 0 Å². The van der Waals surface area contributed by atoms with Gasteiger partial charge in [0.05, 0.1) is 4.88 Å². The standard InChI is InChI=1S/C12H10N4O4S/c1-7-5-9(14-19-7)13-10(17)6-16-11(15-20-12(16)18)8-3-2-4-21-8/h2-5H,6H2,1H3,(H,13,14,17). The van der Waals surface area contributed by atoms with E-state index in [4.69, 9.17) is 4.52 Å². The van der Waals surface area contributed by atoms with E-state index >= 15 is 0 Å². The summed E-state index contributed by atoms with van der Waals surface area (Å²) in [5.74, 6) is 0.0733. The molecule has 1 amide bonds. The second-order valence-electron chi connectivity index (χ2n) is 4.21. The van der Waals surface area contributed by atoms with E-state index in [0.717, 1.165) is 9.44 Å². The van der Waals surface area contributed by atoms with E-state index in [1.54, 1.807) is 19.1 Å². The highest BCUT2D eigenvalue weighted by molar-refractivity contribution is 7.13. The Kier molecular flexibility index (Phi) is 3.40. The molecular weight excluding hydrogens is 296 g/mol. The molecule has 0 unspecified atom stereocenters. The summed E-state index contributed by atoms with van der Waals surface area (Å²) in [5.41, 5.74) is 0. The van der Waals surface area contributed by atoms with Gasteiger partial charge in [0.1, 0.15) is 12.3 Å². The van der Waals surface area contributed by atoms with Crippen LogP contribution in [0.3, 0.4) is 0 Å². The molecule has 1 N–H and O–H groups in total. The van der Waals surface area contributed by atoms with Gasteiger partial charge in [-0.3, -0.25) is 9.32 Å². The van der Waals surface area contributed by atoms with Crippen molar-refractivity contribution < 1.29 is 13.8 Å². The minimum Gasteiger partial charge on any atom is -0.360 e. The molecule has 0 aliphatic heterocycles. The van der Waals surface area contributed by atoms with Gasteiger partial charge in [0.2, 0.25) is 5.91 Å². The Morgan fingerprint density at radius 2 is 2.29 bits per heavy atom. The number of thiophene rings is 1. The van der Waals surface area contributed by atoms with Gasteiger partial charge >= 0.3 is 5.76 Å². The van der Waals surface area contributed by atoms with E-state index in [1.165, 1.54) is 11.3 Å². The van der Waals surface area contributed by atoms with Crippen LogP contribution in [0, 0.1) is 6.92 Å². The van der Waals surface area contributed by atoms with Gasteiger partial charge in [0.25, 0.3) is 0 Å². The highest BCUT2D eigenvalue weighted by atomic mass is 32.1. The number of aryl methyl sites for hydroxylation is 1. The molecular formula is C12H10N4O4S. The number of carbonyl (C=O) groups excluding carboxylic acids is 1. The van der Waals surface area contributed by atoms with Crippen LogP contribution in [0.15, 0.2) is 37.4 Å². The minimum absolute atomic E-state index is 0.221. The van der Waals surface area contributed by atoms with Crippen LogP contribution in [0.1, 0.15) is 5.76 Å². The fraction of sp³-hybridized carbons (Fsp3) is 0.167. The van der Waals surface area contributed by atoms with E-state index < -0.39 is 11.7 Å². The Balaban J connectivity index is 1.80. The molecule has 0 bridgehead atoms. The summed E-state index contributed by atoms with van der Waals surface area (Å²) in [5, 5.41) is 11.7. The van der Waals surface area contributed by atoms with Crippen molar-refractivity contribution in [2.45, 2.75) is 13.5 Å². The number of rotatable bonds is 4. The van der Waals surface area contributed by atoms with Gasteiger partial charge in [-0.15, -0.1) is 11.3 Å². The Bertz CT molecular complexity index is 815. The molecule has 3 rings (SSSR count). The lowest BCUT2D eigenvalue weighted by Gasteiger charge is -2.02. The fourth-order valence-electron chi connectivity index (χ4n) is 1.74. The molecule has 0 aliphatic rings. The van der Waals surface area contributed by atoms with E-state index in [-0.39, 0.29) is 6.54 Å². The Morgan fingerprint density at radius 1 is 1.43 bits per heavy atom. The quantitative estimate of drug-likeness (QED) is 0.783. The van der Waals surface area contributed by atoms with Crippen molar-refractivity contribution in [1.82, 2.24) is 14.9 Å². The normalized spacial score (nSPS) is 10.7. The summed E-state index contributed by atoms with van der Waals surface area (Å²) in [4.78, 5) is 24.3. The van der Waals surface area contributed by atoms with Crippen LogP contribution in [0.5, 0.6) is 0 Å². The second-order valence-corrected chi connectivity index (χ2v) is 5.15. The zero-order chi connectivity index (χ0) is 14.8. The van der Waals surface area contributed by atoms with Crippen LogP contribution in [0.25, 0.3) is 10.7 Å². The number of anilines is 1. The highest BCUT2D eigenvalue weighted by Gasteiger charge is 2.17. The molecule has 3 aromatic rings. The predicted octanol–water partition coefficient (Wildman–Crippen LogP) is 1.50. The van der Waals surface area contributed by atoms with Crippen molar-refractivity contribution in [3.05, 3.63) is 39.9 Å². The van der Waals surface area contributed by atoms with Crippen LogP contribution in [0.4, 0.5) is 5.82 Å². The van der Waals surface area contributed by atoms with Crippen molar-refractivity contribution >= 4 is 23.1 Å². The lowest BCUT2D eigenvalue weighted by atomic mass is 10.4. The molecule has 21 heavy (non-hydrogen) atoms. The number of hydrogen-bond donors (Lipinski definition) is 1. The molecule has 8 nitrogen and oxygen atoms in total. The third-order valence-corrected chi connectivity index (χ3v) is 3.49. The lowest BCUT2D eigenvalue weighted by molar-refractivity contribution is -0.116. The molecule has 3 heterocycles. The van der Waals surface area contributed by atoms with E-state index in [0.29, 0.717) is 17.4 Å². The number of hydrogen-bond acceptors (Lipinski definition) is 7. The maximum atomic E-state index is 11.9. The molecule has 108 valence electrons. The van der Waals surface area contributed by atoms with Crippen LogP contribution >= 0.6 is 11.3 Å². The lowest BCUT2D eigenvalue weighted by Crippen LogP contribution is -2.25. The third kappa shape index (κ3) is 2.77. The maximum Gasteiger partial charge on any atom is 0.442 e. The fourth-order valence-corrected chi connectivity index (χ4v) is 2.46. The third-order valence-electron chi connectivity index (χ3n) is 2.62. The van der Waals surface area contributed by atoms with Crippen molar-refractivity contribution in [3.63, 3.8) is 0 Å². The van der Waals surface area contributed by atoms with Crippen LogP contribution in [-0.4, -0.2) is 20.8 Å². The first-order valence-corrected chi connectivity index (χ1v) is 6.85. The topological polar surface area (TPSA) is 103 Å². The SMILES string of the molecule is Cc1cc(NC(=O)Cn2c(-c3cccs3)noc2=O)no1. The number of nitrogens with zero attached hydrogens (tertiary/aromatic N) is 3. The number of carbonyl (C=O) groups is 1. The molecule has 0 aliphatic carbocycles. The van der Waals surface area contributed by atoms with E-state index in [9.17, 15) is 9.59 Å². The first kappa shape index (κ1) is 13.3. The average Bonchev–Trinajstić information content (AvgIpc) is 3.14. The predicted molar refractivity (Wildman–Crippen MR) is 73.9 cm³/mol. The van der Waals surface area contributed by atoms with Gasteiger partial charge in [-0.2, -0.15) is 0 Å². The molecule has 0 saturated heterocycles. The molecule has 0 atom stereocenters. The zero-order valence-electron chi connectivity index (χ0n) is 10.9. The Morgan fingerprint density at radius 3 is 2.95 bits per heavy atom. The van der Waals surface area contributed by atoms with Gasteiger partial charge in [-0.05, 0) is 18.4 Å². The first-order chi connectivity index (χ1) is 10.1. The number of aromatic nitrogens is 3. The van der Waals surface area contributed by atoms with Gasteiger partial charge in [-0.25, -0.2) is 9.36 Å². The average molecular weight is 306 g/mol. The molecule has 0 fully saturated rings. The van der Waals surface area contributed by atoms with Gasteiger partial charge in [0.15, 0.2) is 11.6 Å². The summed E-state index contributed by atoms with van der Waals surface area (Å²) in [6, 6.07) is 5.19.